The first-order valence-electron chi connectivity index (χ1n) is 12.4. The molecule has 1 aliphatic carbocycles. The first kappa shape index (κ1) is 23.0. The third kappa shape index (κ3) is 3.47. The zero-order valence-electron chi connectivity index (χ0n) is 20.5. The zero-order chi connectivity index (χ0) is 25.3. The molecule has 5 aromatic rings. The molecule has 0 radical (unpaired) electrons. The van der Waals surface area contributed by atoms with Gasteiger partial charge in [-0.1, -0.05) is 0 Å². The Balaban J connectivity index is 1.31. The molecule has 0 saturated heterocycles. The van der Waals surface area contributed by atoms with Crippen molar-refractivity contribution in [3.05, 3.63) is 117 Å². The number of benzene rings is 4. The van der Waals surface area contributed by atoms with Crippen LogP contribution in [0, 0.1) is 0 Å². The van der Waals surface area contributed by atoms with Crippen LogP contribution in [-0.2, 0) is 0 Å². The Morgan fingerprint density at radius 2 is 1.19 bits per heavy atom. The Labute approximate surface area is 228 Å². The minimum absolute atomic E-state index is 0.156. The second-order valence-corrected chi connectivity index (χ2v) is 22.3. The molecular formula is C32H23GeNO2Te. The molecule has 0 bridgehead atoms. The van der Waals surface area contributed by atoms with Crippen LogP contribution in [0.2, 0.25) is 11.5 Å². The van der Waals surface area contributed by atoms with Gasteiger partial charge in [0.1, 0.15) is 0 Å². The monoisotopic (exact) mass is 657 g/mol. The molecule has 1 aromatic heterocycles. The normalized spacial score (nSPS) is 15.5. The van der Waals surface area contributed by atoms with Gasteiger partial charge in [-0.2, -0.15) is 0 Å². The van der Waals surface area contributed by atoms with Crippen LogP contribution in [0.15, 0.2) is 103 Å². The van der Waals surface area contributed by atoms with Gasteiger partial charge < -0.3 is 0 Å². The predicted molar refractivity (Wildman–Crippen MR) is 155 cm³/mol. The number of hydrogen-bond acceptors (Lipinski definition) is 3. The van der Waals surface area contributed by atoms with E-state index in [9.17, 15) is 9.59 Å². The van der Waals surface area contributed by atoms with E-state index in [0.29, 0.717) is 16.7 Å². The topological polar surface area (TPSA) is 37.4 Å². The maximum atomic E-state index is 13.3. The van der Waals surface area contributed by atoms with Crippen LogP contribution < -0.4 is 13.7 Å². The van der Waals surface area contributed by atoms with E-state index in [0.717, 1.165) is 14.4 Å². The van der Waals surface area contributed by atoms with Crippen LogP contribution in [0.3, 0.4) is 0 Å². The van der Waals surface area contributed by atoms with Crippen LogP contribution in [0.1, 0.15) is 24.3 Å². The number of para-hydroxylation sites is 2. The summed E-state index contributed by atoms with van der Waals surface area (Å²) in [5.41, 5.74) is 3.92. The van der Waals surface area contributed by atoms with Gasteiger partial charge in [0.05, 0.1) is 0 Å². The van der Waals surface area contributed by atoms with Crippen LogP contribution >= 0.6 is 0 Å². The first-order valence-corrected chi connectivity index (χ1v) is 21.0. The molecule has 4 aromatic carbocycles. The molecule has 0 amide bonds. The molecule has 5 heteroatoms. The summed E-state index contributed by atoms with van der Waals surface area (Å²) in [7, 11) is 0. The molecule has 0 spiro atoms. The summed E-state index contributed by atoms with van der Waals surface area (Å²) in [6.45, 7) is 0. The molecule has 0 N–H and O–H groups in total. The Hall–Kier alpha value is -3.17. The standard InChI is InChI=1S/C32H23GeNO2Te/c1-33(2)26-11-5-7-13-28(26)34(29-14-8-6-12-27(29)33)30-16-15-22(37-30)19-25-31(35)23-17-20-9-3-4-10-21(20)18-24(23)32(25)36/h3-19H,1-2H3. The molecule has 0 saturated carbocycles. The zero-order valence-corrected chi connectivity index (χ0v) is 24.9. The molecule has 2 aliphatic rings. The summed E-state index contributed by atoms with van der Waals surface area (Å²) >= 11 is -3.22. The molecule has 0 unspecified atom stereocenters. The fourth-order valence-electron chi connectivity index (χ4n) is 5.73. The molecule has 3 nitrogen and oxygen atoms in total. The second-order valence-electron chi connectivity index (χ2n) is 10.1. The van der Waals surface area contributed by atoms with Gasteiger partial charge >= 0.3 is 229 Å². The molecule has 7 rings (SSSR count). The van der Waals surface area contributed by atoms with E-state index >= 15 is 0 Å². The SMILES string of the molecule is [CH3][Ge]1([CH3])[c]2ccccc2N(c2ccc(C=C3C(=O)c4cc5ccccc5cc4C3=O)[te]2)c2cccc[c]21. The number of rotatable bonds is 2. The average Bonchev–Trinajstić information content (AvgIpc) is 3.46. The maximum absolute atomic E-state index is 13.3. The minimum atomic E-state index is -2.42. The van der Waals surface area contributed by atoms with Gasteiger partial charge in [0.15, 0.2) is 0 Å². The van der Waals surface area contributed by atoms with Crippen LogP contribution in [0.25, 0.3) is 16.8 Å². The van der Waals surface area contributed by atoms with Crippen molar-refractivity contribution in [1.82, 2.24) is 0 Å². The van der Waals surface area contributed by atoms with Gasteiger partial charge in [-0.15, -0.1) is 0 Å². The Morgan fingerprint density at radius 1 is 0.676 bits per heavy atom. The summed E-state index contributed by atoms with van der Waals surface area (Å²) in [5, 5.41) is 1.97. The Bertz CT molecular complexity index is 1710. The molecular weight excluding hydrogens is 631 g/mol. The molecule has 178 valence electrons. The third-order valence-corrected chi connectivity index (χ3v) is 17.9. The van der Waals surface area contributed by atoms with Crippen molar-refractivity contribution < 1.29 is 9.59 Å². The van der Waals surface area contributed by atoms with Crippen molar-refractivity contribution in [2.75, 3.05) is 4.90 Å². The van der Waals surface area contributed by atoms with Gasteiger partial charge in [-0.25, -0.2) is 0 Å². The molecule has 0 atom stereocenters. The van der Waals surface area contributed by atoms with Crippen molar-refractivity contribution >= 4 is 86.0 Å². The van der Waals surface area contributed by atoms with E-state index < -0.39 is 33.7 Å². The van der Waals surface area contributed by atoms with Crippen LogP contribution in [0.4, 0.5) is 15.1 Å². The number of nitrogens with zero attached hydrogens (tertiary/aromatic N) is 1. The fraction of sp³-hybridized carbons (Fsp3) is 0.0625. The van der Waals surface area contributed by atoms with Crippen molar-refractivity contribution in [1.29, 1.82) is 0 Å². The van der Waals surface area contributed by atoms with Gasteiger partial charge in [-0.3, -0.25) is 0 Å². The summed E-state index contributed by atoms with van der Waals surface area (Å²) in [6, 6.07) is 33.6. The van der Waals surface area contributed by atoms with Crippen LogP contribution in [0.5, 0.6) is 0 Å². The number of fused-ring (bicyclic) bond motifs is 4. The summed E-state index contributed by atoms with van der Waals surface area (Å²) in [6.07, 6.45) is 1.87. The predicted octanol–water partition coefficient (Wildman–Crippen LogP) is 5.97. The fourth-order valence-corrected chi connectivity index (χ4v) is 14.8. The number of carbonyl (C=O) groups excluding carboxylic acids is 2. The molecule has 1 aliphatic heterocycles. The van der Waals surface area contributed by atoms with E-state index in [1.165, 1.54) is 23.9 Å². The number of ketones is 2. The number of allylic oxidation sites excluding steroid dienone is 1. The van der Waals surface area contributed by atoms with Crippen molar-refractivity contribution in [2.45, 2.75) is 11.5 Å². The summed E-state index contributed by atoms with van der Waals surface area (Å²) in [4.78, 5) is 29.0. The Kier molecular flexibility index (Phi) is 5.24. The summed E-state index contributed by atoms with van der Waals surface area (Å²) in [5.74, 6) is 4.63. The molecule has 2 heterocycles. The third-order valence-electron chi connectivity index (χ3n) is 7.62. The molecule has 37 heavy (non-hydrogen) atoms. The second kappa shape index (κ2) is 8.43. The van der Waals surface area contributed by atoms with Gasteiger partial charge in [0.25, 0.3) is 0 Å². The number of hydrogen-bond donors (Lipinski definition) is 0. The van der Waals surface area contributed by atoms with Gasteiger partial charge in [0, 0.05) is 0 Å². The van der Waals surface area contributed by atoms with E-state index in [4.69, 9.17) is 0 Å². The van der Waals surface area contributed by atoms with E-state index in [1.54, 1.807) is 0 Å². The van der Waals surface area contributed by atoms with Crippen LogP contribution in [-0.4, -0.2) is 45.3 Å². The first-order chi connectivity index (χ1) is 17.9. The average molecular weight is 654 g/mol. The van der Waals surface area contributed by atoms with E-state index in [2.05, 4.69) is 77.1 Å². The van der Waals surface area contributed by atoms with Gasteiger partial charge in [-0.05, 0) is 0 Å². The summed E-state index contributed by atoms with van der Waals surface area (Å²) < 4.78 is 5.38. The Morgan fingerprint density at radius 3 is 1.76 bits per heavy atom. The van der Waals surface area contributed by atoms with E-state index in [-0.39, 0.29) is 11.6 Å². The number of carbonyl (C=O) groups is 2. The van der Waals surface area contributed by atoms with Crippen molar-refractivity contribution in [3.63, 3.8) is 0 Å². The van der Waals surface area contributed by atoms with Crippen molar-refractivity contribution in [3.8, 4) is 0 Å². The quantitative estimate of drug-likeness (QED) is 0.134. The van der Waals surface area contributed by atoms with Crippen molar-refractivity contribution in [2.24, 2.45) is 0 Å². The van der Waals surface area contributed by atoms with E-state index in [1.807, 2.05) is 42.5 Å². The molecule has 0 fully saturated rings. The number of anilines is 3. The number of Topliss-reactive ketones (excluding diaryl/α,β-unsaturated/α-hetero) is 2. The van der Waals surface area contributed by atoms with Gasteiger partial charge in [0.2, 0.25) is 0 Å².